The summed E-state index contributed by atoms with van der Waals surface area (Å²) in [5.74, 6) is -1.73. The molecule has 1 heterocycles. The number of nitrogens with zero attached hydrogens (tertiary/aromatic N) is 1. The van der Waals surface area contributed by atoms with Crippen molar-refractivity contribution in [2.24, 2.45) is 0 Å². The fourth-order valence-electron chi connectivity index (χ4n) is 1.84. The third-order valence-electron chi connectivity index (χ3n) is 2.79. The zero-order chi connectivity index (χ0) is 16.1. The maximum absolute atomic E-state index is 13.2. The lowest BCUT2D eigenvalue weighted by Crippen LogP contribution is -2.30. The van der Waals surface area contributed by atoms with E-state index < -0.39 is 24.5 Å². The molecule has 22 heavy (non-hydrogen) atoms. The number of aromatic nitrogens is 1. The summed E-state index contributed by atoms with van der Waals surface area (Å²) < 4.78 is 26.6. The molecule has 2 rings (SSSR count). The Bertz CT molecular complexity index is 700. The third-order valence-corrected chi connectivity index (χ3v) is 2.79. The van der Waals surface area contributed by atoms with E-state index in [0.717, 1.165) is 0 Å². The first kappa shape index (κ1) is 15.5. The van der Waals surface area contributed by atoms with Gasteiger partial charge in [-0.2, -0.15) is 0 Å². The lowest BCUT2D eigenvalue weighted by molar-refractivity contribution is 0.0698. The zero-order valence-corrected chi connectivity index (χ0v) is 11.3. The Morgan fingerprint density at radius 2 is 2.05 bits per heavy atom. The van der Waals surface area contributed by atoms with Crippen LogP contribution in [0.25, 0.3) is 5.69 Å². The second-order valence-corrected chi connectivity index (χ2v) is 4.35. The Hall–Kier alpha value is -2.90. The standard InChI is InChI=1S/C14H13F2N3O3/c15-4-5-17-14(22)18-12-8-19(7-11(12)13(20)21)10-3-1-2-9(16)6-10/h1-3,6-8H,4-5H2,(H,20,21)(H2,17,18,22). The van der Waals surface area contributed by atoms with Crippen molar-refractivity contribution in [2.45, 2.75) is 0 Å². The minimum Gasteiger partial charge on any atom is -0.478 e. The molecule has 8 heteroatoms. The van der Waals surface area contributed by atoms with Crippen LogP contribution in [0.3, 0.4) is 0 Å². The maximum atomic E-state index is 13.2. The fourth-order valence-corrected chi connectivity index (χ4v) is 1.84. The van der Waals surface area contributed by atoms with E-state index in [2.05, 4.69) is 10.6 Å². The number of aromatic carboxylic acids is 1. The molecule has 6 nitrogen and oxygen atoms in total. The first-order valence-corrected chi connectivity index (χ1v) is 6.33. The number of rotatable bonds is 5. The molecule has 1 aromatic heterocycles. The molecule has 0 aliphatic rings. The molecule has 0 bridgehead atoms. The van der Waals surface area contributed by atoms with Crippen molar-refractivity contribution >= 4 is 17.7 Å². The molecular weight excluding hydrogens is 296 g/mol. The molecule has 0 unspecified atom stereocenters. The van der Waals surface area contributed by atoms with Crippen LogP contribution in [0, 0.1) is 5.82 Å². The summed E-state index contributed by atoms with van der Waals surface area (Å²) >= 11 is 0. The van der Waals surface area contributed by atoms with E-state index in [0.29, 0.717) is 5.69 Å². The minimum absolute atomic E-state index is 0.0214. The number of carbonyl (C=O) groups is 2. The van der Waals surface area contributed by atoms with Crippen molar-refractivity contribution in [2.75, 3.05) is 18.5 Å². The van der Waals surface area contributed by atoms with Crippen LogP contribution in [0.2, 0.25) is 0 Å². The number of carbonyl (C=O) groups excluding carboxylic acids is 1. The van der Waals surface area contributed by atoms with Gasteiger partial charge in [-0.15, -0.1) is 0 Å². The lowest BCUT2D eigenvalue weighted by Gasteiger charge is -2.05. The summed E-state index contributed by atoms with van der Waals surface area (Å²) in [5, 5.41) is 13.7. The van der Waals surface area contributed by atoms with E-state index in [1.807, 2.05) is 0 Å². The second kappa shape index (κ2) is 6.70. The van der Waals surface area contributed by atoms with Gasteiger partial charge < -0.3 is 20.3 Å². The Kier molecular flexibility index (Phi) is 4.72. The monoisotopic (exact) mass is 309 g/mol. The van der Waals surface area contributed by atoms with Gasteiger partial charge in [0.2, 0.25) is 0 Å². The first-order chi connectivity index (χ1) is 10.5. The molecular formula is C14H13F2N3O3. The number of hydrogen-bond donors (Lipinski definition) is 3. The van der Waals surface area contributed by atoms with Crippen LogP contribution in [0.1, 0.15) is 10.4 Å². The number of alkyl halides is 1. The van der Waals surface area contributed by atoms with Crippen LogP contribution in [0.4, 0.5) is 19.3 Å². The number of urea groups is 1. The second-order valence-electron chi connectivity index (χ2n) is 4.35. The summed E-state index contributed by atoms with van der Waals surface area (Å²) in [6.45, 7) is -0.914. The van der Waals surface area contributed by atoms with Crippen molar-refractivity contribution in [3.8, 4) is 5.69 Å². The van der Waals surface area contributed by atoms with E-state index >= 15 is 0 Å². The minimum atomic E-state index is -1.25. The number of nitrogens with one attached hydrogen (secondary N) is 2. The average Bonchev–Trinajstić information content (AvgIpc) is 2.89. The number of carboxylic acid groups (broad SMARTS) is 1. The van der Waals surface area contributed by atoms with E-state index in [9.17, 15) is 18.4 Å². The molecule has 0 aliphatic carbocycles. The van der Waals surface area contributed by atoms with E-state index in [1.165, 1.54) is 35.2 Å². The SMILES string of the molecule is O=C(NCCF)Nc1cn(-c2cccc(F)c2)cc1C(=O)O. The highest BCUT2D eigenvalue weighted by Gasteiger charge is 2.16. The highest BCUT2D eigenvalue weighted by molar-refractivity contribution is 6.00. The highest BCUT2D eigenvalue weighted by Crippen LogP contribution is 2.21. The topological polar surface area (TPSA) is 83.4 Å². The number of amides is 2. The van der Waals surface area contributed by atoms with Crippen LogP contribution in [-0.2, 0) is 0 Å². The maximum Gasteiger partial charge on any atom is 0.339 e. The lowest BCUT2D eigenvalue weighted by atomic mass is 10.3. The quantitative estimate of drug-likeness (QED) is 0.793. The van der Waals surface area contributed by atoms with Gasteiger partial charge >= 0.3 is 12.0 Å². The van der Waals surface area contributed by atoms with Crippen molar-refractivity contribution in [1.29, 1.82) is 0 Å². The Labute approximate surface area is 124 Å². The Morgan fingerprint density at radius 1 is 1.27 bits per heavy atom. The number of anilines is 1. The van der Waals surface area contributed by atoms with Crippen molar-refractivity contribution in [3.63, 3.8) is 0 Å². The fraction of sp³-hybridized carbons (Fsp3) is 0.143. The first-order valence-electron chi connectivity index (χ1n) is 6.33. The Morgan fingerprint density at radius 3 is 2.68 bits per heavy atom. The van der Waals surface area contributed by atoms with Gasteiger partial charge in [0.15, 0.2) is 0 Å². The van der Waals surface area contributed by atoms with Gasteiger partial charge in [-0.05, 0) is 18.2 Å². The summed E-state index contributed by atoms with van der Waals surface area (Å²) in [5.41, 5.74) is 0.257. The molecule has 2 amide bonds. The van der Waals surface area contributed by atoms with Crippen LogP contribution in [0.5, 0.6) is 0 Å². The molecule has 0 saturated heterocycles. The summed E-state index contributed by atoms with van der Waals surface area (Å²) in [6, 6.07) is 4.82. The largest absolute Gasteiger partial charge is 0.478 e. The van der Waals surface area contributed by atoms with Crippen molar-refractivity contribution in [1.82, 2.24) is 9.88 Å². The summed E-state index contributed by atoms with van der Waals surface area (Å²) in [7, 11) is 0. The predicted molar refractivity (Wildman–Crippen MR) is 75.7 cm³/mol. The molecule has 2 aromatic rings. The van der Waals surface area contributed by atoms with Gasteiger partial charge in [-0.25, -0.2) is 18.4 Å². The smallest absolute Gasteiger partial charge is 0.339 e. The molecule has 116 valence electrons. The van der Waals surface area contributed by atoms with Crippen LogP contribution >= 0.6 is 0 Å². The molecule has 0 fully saturated rings. The molecule has 0 atom stereocenters. The Balaban J connectivity index is 2.30. The number of carboxylic acids is 1. The van der Waals surface area contributed by atoms with Crippen molar-refractivity contribution in [3.05, 3.63) is 48.0 Å². The van der Waals surface area contributed by atoms with E-state index in [-0.39, 0.29) is 17.8 Å². The van der Waals surface area contributed by atoms with Crippen LogP contribution in [0.15, 0.2) is 36.7 Å². The molecule has 1 aromatic carbocycles. The predicted octanol–water partition coefficient (Wildman–Crippen LogP) is 2.41. The molecule has 0 spiro atoms. The van der Waals surface area contributed by atoms with Crippen LogP contribution < -0.4 is 10.6 Å². The average molecular weight is 309 g/mol. The third kappa shape index (κ3) is 3.60. The molecule has 3 N–H and O–H groups in total. The zero-order valence-electron chi connectivity index (χ0n) is 11.3. The van der Waals surface area contributed by atoms with Gasteiger partial charge in [0, 0.05) is 24.6 Å². The van der Waals surface area contributed by atoms with Gasteiger partial charge in [-0.3, -0.25) is 0 Å². The van der Waals surface area contributed by atoms with Gasteiger partial charge in [0.25, 0.3) is 0 Å². The van der Waals surface area contributed by atoms with Gasteiger partial charge in [0.1, 0.15) is 18.1 Å². The summed E-state index contributed by atoms with van der Waals surface area (Å²) in [6.07, 6.45) is 2.59. The van der Waals surface area contributed by atoms with Crippen molar-refractivity contribution < 1.29 is 23.5 Å². The normalized spacial score (nSPS) is 10.3. The summed E-state index contributed by atoms with van der Waals surface area (Å²) in [4.78, 5) is 22.7. The van der Waals surface area contributed by atoms with E-state index in [4.69, 9.17) is 5.11 Å². The number of hydrogen-bond acceptors (Lipinski definition) is 2. The van der Waals surface area contributed by atoms with Crippen LogP contribution in [-0.4, -0.2) is 34.9 Å². The van der Waals surface area contributed by atoms with Gasteiger partial charge in [0.05, 0.1) is 5.69 Å². The molecule has 0 aliphatic heterocycles. The van der Waals surface area contributed by atoms with E-state index in [1.54, 1.807) is 6.07 Å². The molecule has 0 saturated carbocycles. The van der Waals surface area contributed by atoms with Gasteiger partial charge in [-0.1, -0.05) is 6.07 Å². The highest BCUT2D eigenvalue weighted by atomic mass is 19.1. The number of halogens is 2. The molecule has 0 radical (unpaired) electrons. The number of benzene rings is 1.